The Labute approximate surface area is 160 Å². The molecule has 3 aromatic rings. The molecule has 7 heteroatoms. The smallest absolute Gasteiger partial charge is 0.233 e. The Morgan fingerprint density at radius 3 is 2.92 bits per heavy atom. The van der Waals surface area contributed by atoms with Crippen molar-refractivity contribution < 1.29 is 4.79 Å². The van der Waals surface area contributed by atoms with Gasteiger partial charge in [0.25, 0.3) is 0 Å². The number of aromatic nitrogens is 3. The van der Waals surface area contributed by atoms with Crippen LogP contribution in [0.15, 0.2) is 53.8 Å². The molecule has 0 spiro atoms. The van der Waals surface area contributed by atoms with E-state index in [1.54, 1.807) is 12.3 Å². The second-order valence-corrected chi connectivity index (χ2v) is 7.44. The Hall–Kier alpha value is -2.31. The van der Waals surface area contributed by atoms with Crippen LogP contribution < -0.4 is 0 Å². The number of rotatable bonds is 4. The lowest BCUT2D eigenvalue weighted by Crippen LogP contribution is -2.35. The van der Waals surface area contributed by atoms with Crippen molar-refractivity contribution in [1.29, 1.82) is 0 Å². The number of H-pyrrole nitrogens is 1. The second-order valence-electron chi connectivity index (χ2n) is 6.04. The fourth-order valence-electron chi connectivity index (χ4n) is 2.95. The van der Waals surface area contributed by atoms with Gasteiger partial charge in [-0.15, -0.1) is 0 Å². The van der Waals surface area contributed by atoms with Gasteiger partial charge in [0.05, 0.1) is 16.3 Å². The highest BCUT2D eigenvalue weighted by Gasteiger charge is 2.18. The van der Waals surface area contributed by atoms with Gasteiger partial charge in [0, 0.05) is 19.3 Å². The molecule has 3 heterocycles. The molecule has 0 saturated carbocycles. The number of carbonyl (C=O) groups is 1. The third-order valence-electron chi connectivity index (χ3n) is 4.32. The van der Waals surface area contributed by atoms with Gasteiger partial charge in [-0.1, -0.05) is 59.8 Å². The summed E-state index contributed by atoms with van der Waals surface area (Å²) < 4.78 is 0. The Morgan fingerprint density at radius 2 is 2.15 bits per heavy atom. The van der Waals surface area contributed by atoms with Crippen LogP contribution in [0.1, 0.15) is 12.0 Å². The van der Waals surface area contributed by atoms with E-state index in [-0.39, 0.29) is 5.91 Å². The van der Waals surface area contributed by atoms with Crippen molar-refractivity contribution in [3.63, 3.8) is 0 Å². The molecule has 1 amide bonds. The average Bonchev–Trinajstić information content (AvgIpc) is 3.09. The number of hydrogen-bond acceptors (Lipinski definition) is 4. The molecule has 1 aliphatic heterocycles. The summed E-state index contributed by atoms with van der Waals surface area (Å²) in [7, 11) is 0. The van der Waals surface area contributed by atoms with E-state index >= 15 is 0 Å². The maximum absolute atomic E-state index is 12.5. The highest BCUT2D eigenvalue weighted by atomic mass is 35.5. The van der Waals surface area contributed by atoms with Crippen molar-refractivity contribution in [2.75, 3.05) is 18.8 Å². The van der Waals surface area contributed by atoms with Crippen molar-refractivity contribution in [3.8, 4) is 0 Å². The van der Waals surface area contributed by atoms with Gasteiger partial charge in [-0.25, -0.2) is 9.97 Å². The van der Waals surface area contributed by atoms with Crippen molar-refractivity contribution in [3.05, 3.63) is 59.3 Å². The molecule has 2 aromatic heterocycles. The van der Waals surface area contributed by atoms with Crippen LogP contribution in [0.3, 0.4) is 0 Å². The lowest BCUT2D eigenvalue weighted by Gasteiger charge is -2.26. The predicted octanol–water partition coefficient (Wildman–Crippen LogP) is 4.02. The van der Waals surface area contributed by atoms with Gasteiger partial charge < -0.3 is 9.88 Å². The van der Waals surface area contributed by atoms with Crippen LogP contribution in [0.5, 0.6) is 0 Å². The van der Waals surface area contributed by atoms with Crippen LogP contribution in [0.25, 0.3) is 16.7 Å². The topological polar surface area (TPSA) is 61.9 Å². The molecular formula is C19H17ClN4OS. The summed E-state index contributed by atoms with van der Waals surface area (Å²) >= 11 is 7.32. The highest BCUT2D eigenvalue weighted by molar-refractivity contribution is 7.99. The van der Waals surface area contributed by atoms with Gasteiger partial charge >= 0.3 is 0 Å². The second kappa shape index (κ2) is 7.51. The molecule has 0 atom stereocenters. The van der Waals surface area contributed by atoms with Crippen molar-refractivity contribution >= 4 is 46.0 Å². The molecule has 5 nitrogen and oxygen atoms in total. The molecule has 0 bridgehead atoms. The minimum absolute atomic E-state index is 0.116. The zero-order valence-corrected chi connectivity index (χ0v) is 15.6. The SMILES string of the molecule is O=C(CSc1nc2ncc(Cl)cc2[nH]1)N1CC=C(c2ccccc2)CC1. The Kier molecular flexibility index (Phi) is 4.95. The van der Waals surface area contributed by atoms with E-state index in [9.17, 15) is 4.79 Å². The first-order chi connectivity index (χ1) is 12.7. The Bertz CT molecular complexity index is 970. The van der Waals surface area contributed by atoms with E-state index in [0.29, 0.717) is 28.1 Å². The van der Waals surface area contributed by atoms with Gasteiger partial charge in [-0.3, -0.25) is 4.79 Å². The van der Waals surface area contributed by atoms with E-state index in [2.05, 4.69) is 33.2 Å². The molecular weight excluding hydrogens is 368 g/mol. The third kappa shape index (κ3) is 3.76. The number of imidazole rings is 1. The van der Waals surface area contributed by atoms with Gasteiger partial charge in [0.1, 0.15) is 0 Å². The number of benzene rings is 1. The fraction of sp³-hybridized carbons (Fsp3) is 0.211. The molecule has 26 heavy (non-hydrogen) atoms. The summed E-state index contributed by atoms with van der Waals surface area (Å²) in [5, 5.41) is 1.24. The first-order valence-corrected chi connectivity index (χ1v) is 9.72. The van der Waals surface area contributed by atoms with Crippen LogP contribution in [-0.4, -0.2) is 44.6 Å². The maximum atomic E-state index is 12.5. The first kappa shape index (κ1) is 17.1. The Morgan fingerprint density at radius 1 is 1.31 bits per heavy atom. The first-order valence-electron chi connectivity index (χ1n) is 8.35. The van der Waals surface area contributed by atoms with E-state index in [1.165, 1.54) is 22.9 Å². The van der Waals surface area contributed by atoms with Gasteiger partial charge in [0.2, 0.25) is 5.91 Å². The number of halogens is 1. The third-order valence-corrected chi connectivity index (χ3v) is 5.39. The van der Waals surface area contributed by atoms with Crippen molar-refractivity contribution in [2.24, 2.45) is 0 Å². The van der Waals surface area contributed by atoms with Gasteiger partial charge in [-0.05, 0) is 23.6 Å². The summed E-state index contributed by atoms with van der Waals surface area (Å²) in [5.41, 5.74) is 3.93. The molecule has 4 rings (SSSR count). The molecule has 1 N–H and O–H groups in total. The van der Waals surface area contributed by atoms with Gasteiger partial charge in [0.15, 0.2) is 10.8 Å². The number of carbonyl (C=O) groups excluding carboxylic acids is 1. The molecule has 0 fully saturated rings. The highest BCUT2D eigenvalue weighted by Crippen LogP contribution is 2.24. The lowest BCUT2D eigenvalue weighted by molar-refractivity contribution is -0.127. The van der Waals surface area contributed by atoms with Crippen LogP contribution in [-0.2, 0) is 4.79 Å². The zero-order chi connectivity index (χ0) is 17.9. The molecule has 132 valence electrons. The summed E-state index contributed by atoms with van der Waals surface area (Å²) in [5.74, 6) is 0.465. The van der Waals surface area contributed by atoms with Crippen molar-refractivity contribution in [2.45, 2.75) is 11.6 Å². The van der Waals surface area contributed by atoms with Crippen LogP contribution in [0, 0.1) is 0 Å². The monoisotopic (exact) mass is 384 g/mol. The minimum Gasteiger partial charge on any atom is -0.338 e. The van der Waals surface area contributed by atoms with E-state index < -0.39 is 0 Å². The van der Waals surface area contributed by atoms with Crippen LogP contribution in [0.2, 0.25) is 5.02 Å². The molecule has 1 aliphatic rings. The number of aromatic amines is 1. The number of amides is 1. The fourth-order valence-corrected chi connectivity index (χ4v) is 3.89. The Balaban J connectivity index is 1.36. The number of nitrogens with zero attached hydrogens (tertiary/aromatic N) is 3. The minimum atomic E-state index is 0.116. The van der Waals surface area contributed by atoms with Gasteiger partial charge in [-0.2, -0.15) is 0 Å². The molecule has 0 unspecified atom stereocenters. The quantitative estimate of drug-likeness (QED) is 0.690. The molecule has 0 saturated heterocycles. The normalized spacial score (nSPS) is 14.5. The number of nitrogens with one attached hydrogen (secondary N) is 1. The molecule has 1 aromatic carbocycles. The predicted molar refractivity (Wildman–Crippen MR) is 105 cm³/mol. The zero-order valence-electron chi connectivity index (χ0n) is 14.0. The summed E-state index contributed by atoms with van der Waals surface area (Å²) in [6, 6.07) is 12.1. The van der Waals surface area contributed by atoms with Crippen LogP contribution >= 0.6 is 23.4 Å². The van der Waals surface area contributed by atoms with E-state index in [0.717, 1.165) is 18.5 Å². The lowest BCUT2D eigenvalue weighted by atomic mass is 10.00. The van der Waals surface area contributed by atoms with E-state index in [1.807, 2.05) is 23.1 Å². The number of pyridine rings is 1. The average molecular weight is 385 g/mol. The molecule has 0 aliphatic carbocycles. The van der Waals surface area contributed by atoms with Crippen LogP contribution in [0.4, 0.5) is 0 Å². The number of fused-ring (bicyclic) bond motifs is 1. The summed E-state index contributed by atoms with van der Waals surface area (Å²) in [4.78, 5) is 26.1. The van der Waals surface area contributed by atoms with Crippen molar-refractivity contribution in [1.82, 2.24) is 19.9 Å². The summed E-state index contributed by atoms with van der Waals surface area (Å²) in [6.07, 6.45) is 4.59. The number of thioether (sulfide) groups is 1. The maximum Gasteiger partial charge on any atom is 0.233 e. The van der Waals surface area contributed by atoms with E-state index in [4.69, 9.17) is 11.6 Å². The number of hydrogen-bond donors (Lipinski definition) is 1. The summed E-state index contributed by atoms with van der Waals surface area (Å²) in [6.45, 7) is 1.40. The molecule has 0 radical (unpaired) electrons. The standard InChI is InChI=1S/C19H17ClN4OS/c20-15-10-16-18(21-11-15)23-19(22-16)26-12-17(25)24-8-6-14(7-9-24)13-4-2-1-3-5-13/h1-6,10-11H,7-9,12H2,(H,21,22,23). The largest absolute Gasteiger partial charge is 0.338 e.